The van der Waals surface area contributed by atoms with E-state index in [0.29, 0.717) is 5.56 Å². The molecule has 0 aliphatic rings. The highest BCUT2D eigenvalue weighted by Gasteiger charge is 2.18. The van der Waals surface area contributed by atoms with Crippen LogP contribution < -0.4 is 5.32 Å². The van der Waals surface area contributed by atoms with Gasteiger partial charge in [0.15, 0.2) is 0 Å². The van der Waals surface area contributed by atoms with Crippen LogP contribution in [-0.4, -0.2) is 29.9 Å². The lowest BCUT2D eigenvalue weighted by Gasteiger charge is -2.18. The van der Waals surface area contributed by atoms with Crippen molar-refractivity contribution in [3.05, 3.63) is 35.1 Å². The average Bonchev–Trinajstić information content (AvgIpc) is 2.31. The summed E-state index contributed by atoms with van der Waals surface area (Å²) in [5.74, 6) is -0.481. The summed E-state index contributed by atoms with van der Waals surface area (Å²) in [6.45, 7) is 0.228. The molecular weight excluding hydrogens is 223 g/mol. The number of nitriles is 1. The molecule has 17 heavy (non-hydrogen) atoms. The molecule has 0 bridgehead atoms. The van der Waals surface area contributed by atoms with Crippen molar-refractivity contribution >= 4 is 0 Å². The van der Waals surface area contributed by atoms with E-state index in [1.165, 1.54) is 18.2 Å². The number of halogens is 1. The zero-order valence-electron chi connectivity index (χ0n) is 9.52. The first-order valence-corrected chi connectivity index (χ1v) is 5.26. The molecule has 1 rings (SSSR count). The van der Waals surface area contributed by atoms with E-state index in [1.54, 1.807) is 7.05 Å². The lowest BCUT2D eigenvalue weighted by atomic mass is 10.0. The normalized spacial score (nSPS) is 14.1. The maximum Gasteiger partial charge on any atom is 0.127 e. The molecule has 2 atom stereocenters. The number of hydrogen-bond acceptors (Lipinski definition) is 4. The Labute approximate surface area is 99.3 Å². The lowest BCUT2D eigenvalue weighted by Crippen LogP contribution is -2.29. The summed E-state index contributed by atoms with van der Waals surface area (Å²) >= 11 is 0. The quantitative estimate of drug-likeness (QED) is 0.698. The molecule has 0 radical (unpaired) electrons. The van der Waals surface area contributed by atoms with Gasteiger partial charge in [-0.15, -0.1) is 0 Å². The second-order valence-corrected chi connectivity index (χ2v) is 3.76. The Morgan fingerprint density at radius 2 is 2.18 bits per heavy atom. The molecule has 5 heteroatoms. The Morgan fingerprint density at radius 1 is 1.47 bits per heavy atom. The van der Waals surface area contributed by atoms with Gasteiger partial charge in [0.2, 0.25) is 0 Å². The van der Waals surface area contributed by atoms with Crippen LogP contribution in [0.1, 0.15) is 17.2 Å². The van der Waals surface area contributed by atoms with Crippen LogP contribution in [0.2, 0.25) is 0 Å². The van der Waals surface area contributed by atoms with Gasteiger partial charge in [-0.25, -0.2) is 4.39 Å². The fourth-order valence-corrected chi connectivity index (χ4v) is 1.54. The van der Waals surface area contributed by atoms with Crippen LogP contribution in [0, 0.1) is 17.1 Å². The van der Waals surface area contributed by atoms with Crippen LogP contribution in [-0.2, 0) is 6.42 Å². The molecule has 1 aromatic carbocycles. The molecule has 0 aliphatic carbocycles. The molecule has 3 N–H and O–H groups in total. The zero-order valence-corrected chi connectivity index (χ0v) is 9.52. The van der Waals surface area contributed by atoms with E-state index >= 15 is 0 Å². The Morgan fingerprint density at radius 3 is 2.76 bits per heavy atom. The Kier molecular flexibility index (Phi) is 5.04. The van der Waals surface area contributed by atoms with Crippen LogP contribution in [0.25, 0.3) is 0 Å². The predicted molar refractivity (Wildman–Crippen MR) is 60.6 cm³/mol. The number of rotatable bonds is 5. The summed E-state index contributed by atoms with van der Waals surface area (Å²) < 4.78 is 13.3. The van der Waals surface area contributed by atoms with Crippen LogP contribution in [0.4, 0.5) is 4.39 Å². The van der Waals surface area contributed by atoms with Gasteiger partial charge >= 0.3 is 0 Å². The van der Waals surface area contributed by atoms with Gasteiger partial charge in [0.1, 0.15) is 11.9 Å². The van der Waals surface area contributed by atoms with Crippen molar-refractivity contribution in [2.75, 3.05) is 13.6 Å². The monoisotopic (exact) mass is 238 g/mol. The molecule has 0 amide bonds. The Bertz CT molecular complexity index is 417. The zero-order chi connectivity index (χ0) is 12.8. The molecule has 2 unspecified atom stereocenters. The number of likely N-dealkylation sites (N-methyl/N-ethyl adjacent to an activating group) is 1. The maximum atomic E-state index is 13.3. The van der Waals surface area contributed by atoms with E-state index in [1.807, 2.05) is 6.07 Å². The summed E-state index contributed by atoms with van der Waals surface area (Å²) in [6.07, 6.45) is -2.13. The Balaban J connectivity index is 2.91. The number of benzene rings is 1. The van der Waals surface area contributed by atoms with Crippen molar-refractivity contribution in [1.29, 1.82) is 5.26 Å². The molecular formula is C12H15FN2O2. The van der Waals surface area contributed by atoms with E-state index < -0.39 is 18.0 Å². The van der Waals surface area contributed by atoms with Crippen LogP contribution in [0.15, 0.2) is 18.2 Å². The van der Waals surface area contributed by atoms with Gasteiger partial charge in [-0.05, 0) is 24.7 Å². The maximum absolute atomic E-state index is 13.3. The summed E-state index contributed by atoms with van der Waals surface area (Å²) in [5, 5.41) is 30.7. The van der Waals surface area contributed by atoms with Gasteiger partial charge in [0.05, 0.1) is 18.6 Å². The summed E-state index contributed by atoms with van der Waals surface area (Å²) in [7, 11) is 1.65. The molecule has 4 nitrogen and oxygen atoms in total. The molecule has 0 heterocycles. The van der Waals surface area contributed by atoms with E-state index in [0.717, 1.165) is 0 Å². The number of nitrogens with zero attached hydrogens (tertiary/aromatic N) is 1. The van der Waals surface area contributed by atoms with Crippen LogP contribution >= 0.6 is 0 Å². The average molecular weight is 238 g/mol. The molecule has 0 saturated carbocycles. The molecule has 0 aliphatic heterocycles. The van der Waals surface area contributed by atoms with Gasteiger partial charge in [-0.1, -0.05) is 6.07 Å². The summed E-state index contributed by atoms with van der Waals surface area (Å²) in [6, 6.07) is 5.85. The van der Waals surface area contributed by atoms with Crippen molar-refractivity contribution in [2.45, 2.75) is 18.6 Å². The smallest absolute Gasteiger partial charge is 0.127 e. The fraction of sp³-hybridized carbons (Fsp3) is 0.417. The van der Waals surface area contributed by atoms with E-state index in [4.69, 9.17) is 5.26 Å². The van der Waals surface area contributed by atoms with Gasteiger partial charge < -0.3 is 15.5 Å². The number of aliphatic hydroxyl groups excluding tert-OH is 2. The minimum Gasteiger partial charge on any atom is -0.389 e. The van der Waals surface area contributed by atoms with E-state index in [9.17, 15) is 14.6 Å². The van der Waals surface area contributed by atoms with Crippen molar-refractivity contribution in [3.63, 3.8) is 0 Å². The molecule has 0 aromatic heterocycles. The predicted octanol–water partition coefficient (Wildman–Crippen LogP) is 0.505. The van der Waals surface area contributed by atoms with Crippen molar-refractivity contribution in [2.24, 2.45) is 0 Å². The van der Waals surface area contributed by atoms with Crippen LogP contribution in [0.3, 0.4) is 0 Å². The minimum absolute atomic E-state index is 0.0610. The summed E-state index contributed by atoms with van der Waals surface area (Å²) in [5.41, 5.74) is 0.625. The number of nitrogens with one attached hydrogen (secondary N) is 1. The van der Waals surface area contributed by atoms with E-state index in [2.05, 4.69) is 5.32 Å². The number of hydrogen-bond donors (Lipinski definition) is 3. The summed E-state index contributed by atoms with van der Waals surface area (Å²) in [4.78, 5) is 0. The highest BCUT2D eigenvalue weighted by Crippen LogP contribution is 2.20. The number of aliphatic hydroxyl groups is 2. The third-order valence-electron chi connectivity index (χ3n) is 2.46. The second-order valence-electron chi connectivity index (χ2n) is 3.76. The van der Waals surface area contributed by atoms with Crippen LogP contribution in [0.5, 0.6) is 0 Å². The van der Waals surface area contributed by atoms with Gasteiger partial charge in [0, 0.05) is 12.1 Å². The first-order chi connectivity index (χ1) is 8.10. The SMILES string of the molecule is CNCC(O)C(O)c1ccc(F)c(CC#N)c1. The van der Waals surface area contributed by atoms with E-state index in [-0.39, 0.29) is 18.5 Å². The molecule has 1 aromatic rings. The molecule has 0 saturated heterocycles. The standard InChI is InChI=1S/C12H15FN2O2/c1-15-7-11(16)12(17)9-2-3-10(13)8(6-9)4-5-14/h2-3,6,11-12,15-17H,4,7H2,1H3. The third kappa shape index (κ3) is 3.49. The van der Waals surface area contributed by atoms with Gasteiger partial charge in [-0.2, -0.15) is 5.26 Å². The molecule has 0 fully saturated rings. The van der Waals surface area contributed by atoms with Crippen molar-refractivity contribution in [1.82, 2.24) is 5.32 Å². The van der Waals surface area contributed by atoms with Gasteiger partial charge in [-0.3, -0.25) is 0 Å². The van der Waals surface area contributed by atoms with Gasteiger partial charge in [0.25, 0.3) is 0 Å². The third-order valence-corrected chi connectivity index (χ3v) is 2.46. The van der Waals surface area contributed by atoms with Crippen molar-refractivity contribution in [3.8, 4) is 6.07 Å². The molecule has 92 valence electrons. The lowest BCUT2D eigenvalue weighted by molar-refractivity contribution is 0.0201. The molecule has 0 spiro atoms. The van der Waals surface area contributed by atoms with Crippen molar-refractivity contribution < 1.29 is 14.6 Å². The fourth-order valence-electron chi connectivity index (χ4n) is 1.54. The minimum atomic E-state index is -1.10. The topological polar surface area (TPSA) is 76.3 Å². The Hall–Kier alpha value is -1.48. The largest absolute Gasteiger partial charge is 0.389 e. The highest BCUT2D eigenvalue weighted by atomic mass is 19.1. The first-order valence-electron chi connectivity index (χ1n) is 5.26. The first kappa shape index (κ1) is 13.6. The highest BCUT2D eigenvalue weighted by molar-refractivity contribution is 5.29. The second kappa shape index (κ2) is 6.30.